The number of carbonyl (C=O) groups is 1. The number of nitrogens with zero attached hydrogens (tertiary/aromatic N) is 1. The van der Waals surface area contributed by atoms with Crippen molar-refractivity contribution in [3.63, 3.8) is 0 Å². The smallest absolute Gasteiger partial charge is 0.288 e. The van der Waals surface area contributed by atoms with Gasteiger partial charge in [-0.2, -0.15) is 0 Å². The van der Waals surface area contributed by atoms with Gasteiger partial charge in [0.2, 0.25) is 9.84 Å². The molecule has 3 aromatic carbocycles. The minimum Gasteiger partial charge on any atom is -0.322 e. The summed E-state index contributed by atoms with van der Waals surface area (Å²) in [5.41, 5.74) is 0.517. The van der Waals surface area contributed by atoms with Crippen molar-refractivity contribution in [1.82, 2.24) is 0 Å². The number of rotatable bonds is 5. The van der Waals surface area contributed by atoms with E-state index in [0.29, 0.717) is 10.7 Å². The van der Waals surface area contributed by atoms with Crippen LogP contribution in [0.4, 0.5) is 11.4 Å². The topological polar surface area (TPSA) is 106 Å². The van der Waals surface area contributed by atoms with Gasteiger partial charge in [-0.3, -0.25) is 14.9 Å². The van der Waals surface area contributed by atoms with Gasteiger partial charge in [-0.25, -0.2) is 8.42 Å². The molecule has 3 aromatic rings. The summed E-state index contributed by atoms with van der Waals surface area (Å²) in [5.74, 6) is -0.678. The number of aryl methyl sites for hydroxylation is 1. The first-order chi connectivity index (χ1) is 13.7. The fourth-order valence-electron chi connectivity index (χ4n) is 2.71. The Hall–Kier alpha value is -3.23. The highest BCUT2D eigenvalue weighted by atomic mass is 35.5. The third-order valence-electron chi connectivity index (χ3n) is 4.20. The van der Waals surface area contributed by atoms with E-state index in [1.54, 1.807) is 18.2 Å². The summed E-state index contributed by atoms with van der Waals surface area (Å²) in [6, 6.07) is 15.4. The van der Waals surface area contributed by atoms with Crippen molar-refractivity contribution < 1.29 is 18.1 Å². The molecule has 9 heteroatoms. The predicted molar refractivity (Wildman–Crippen MR) is 109 cm³/mol. The van der Waals surface area contributed by atoms with Gasteiger partial charge in [0, 0.05) is 16.8 Å². The molecule has 7 nitrogen and oxygen atoms in total. The molecule has 0 saturated heterocycles. The number of anilines is 1. The highest BCUT2D eigenvalue weighted by molar-refractivity contribution is 7.91. The Morgan fingerprint density at radius 3 is 2.28 bits per heavy atom. The fourth-order valence-corrected chi connectivity index (χ4v) is 4.51. The molecule has 0 aliphatic rings. The number of amides is 1. The van der Waals surface area contributed by atoms with Gasteiger partial charge in [0.15, 0.2) is 0 Å². The molecule has 0 aliphatic heterocycles. The van der Waals surface area contributed by atoms with Crippen LogP contribution in [0.2, 0.25) is 5.02 Å². The molecule has 1 N–H and O–H groups in total. The number of halogens is 1. The zero-order valence-corrected chi connectivity index (χ0v) is 16.7. The minimum absolute atomic E-state index is 0.137. The van der Waals surface area contributed by atoms with E-state index in [0.717, 1.165) is 17.7 Å². The summed E-state index contributed by atoms with van der Waals surface area (Å²) in [6.45, 7) is 1.81. The lowest BCUT2D eigenvalue weighted by molar-refractivity contribution is -0.387. The molecule has 3 rings (SSSR count). The van der Waals surface area contributed by atoms with Crippen molar-refractivity contribution >= 4 is 38.7 Å². The van der Waals surface area contributed by atoms with E-state index in [-0.39, 0.29) is 10.5 Å². The van der Waals surface area contributed by atoms with E-state index in [9.17, 15) is 23.3 Å². The summed E-state index contributed by atoms with van der Waals surface area (Å²) in [4.78, 5) is 22.5. The first-order valence-electron chi connectivity index (χ1n) is 8.37. The van der Waals surface area contributed by atoms with Crippen molar-refractivity contribution in [1.29, 1.82) is 0 Å². The highest BCUT2D eigenvalue weighted by Crippen LogP contribution is 2.31. The van der Waals surface area contributed by atoms with E-state index >= 15 is 0 Å². The van der Waals surface area contributed by atoms with E-state index < -0.39 is 31.3 Å². The number of benzene rings is 3. The molecule has 148 valence electrons. The van der Waals surface area contributed by atoms with Crippen LogP contribution in [-0.4, -0.2) is 19.2 Å². The first kappa shape index (κ1) is 20.5. The van der Waals surface area contributed by atoms with Crippen molar-refractivity contribution in [2.45, 2.75) is 16.7 Å². The summed E-state index contributed by atoms with van der Waals surface area (Å²) >= 11 is 6.06. The Balaban J connectivity index is 2.06. The minimum atomic E-state index is -4.33. The number of para-hydroxylation sites is 1. The second-order valence-corrected chi connectivity index (χ2v) is 8.44. The number of hydrogen-bond acceptors (Lipinski definition) is 5. The molecule has 0 aromatic heterocycles. The Morgan fingerprint density at radius 2 is 1.62 bits per heavy atom. The Morgan fingerprint density at radius 1 is 1.00 bits per heavy atom. The van der Waals surface area contributed by atoms with Crippen LogP contribution in [0.3, 0.4) is 0 Å². The molecule has 0 radical (unpaired) electrons. The molecular formula is C20H15ClN2O5S. The number of hydrogen-bond donors (Lipinski definition) is 1. The van der Waals surface area contributed by atoms with Crippen LogP contribution in [0, 0.1) is 17.0 Å². The van der Waals surface area contributed by atoms with Crippen LogP contribution >= 0.6 is 11.6 Å². The molecule has 1 amide bonds. The number of nitro groups is 1. The van der Waals surface area contributed by atoms with Crippen LogP contribution in [0.5, 0.6) is 0 Å². The average Bonchev–Trinajstić information content (AvgIpc) is 2.70. The lowest BCUT2D eigenvalue weighted by Crippen LogP contribution is -2.17. The van der Waals surface area contributed by atoms with Crippen LogP contribution in [-0.2, 0) is 9.84 Å². The largest absolute Gasteiger partial charge is 0.322 e. The van der Waals surface area contributed by atoms with Crippen LogP contribution < -0.4 is 5.32 Å². The zero-order chi connectivity index (χ0) is 21.2. The molecule has 0 spiro atoms. The SMILES string of the molecule is Cc1ccc(NC(=O)c2ccccc2S(=O)(=O)c2ccccc2[N+](=O)[O-])cc1Cl. The Kier molecular flexibility index (Phi) is 5.67. The molecule has 0 heterocycles. The Labute approximate surface area is 172 Å². The molecule has 0 aliphatic carbocycles. The van der Waals surface area contributed by atoms with Crippen molar-refractivity contribution in [2.75, 3.05) is 5.32 Å². The van der Waals surface area contributed by atoms with Gasteiger partial charge >= 0.3 is 0 Å². The van der Waals surface area contributed by atoms with E-state index in [4.69, 9.17) is 11.6 Å². The predicted octanol–water partition coefficient (Wildman–Crippen LogP) is 4.64. The molecule has 0 unspecified atom stereocenters. The van der Waals surface area contributed by atoms with Gasteiger partial charge in [0.1, 0.15) is 4.90 Å². The van der Waals surface area contributed by atoms with Gasteiger partial charge in [-0.05, 0) is 42.8 Å². The summed E-state index contributed by atoms with van der Waals surface area (Å²) in [6.07, 6.45) is 0. The summed E-state index contributed by atoms with van der Waals surface area (Å²) in [7, 11) is -4.33. The standard InChI is InChI=1S/C20H15ClN2O5S/c1-13-10-11-14(12-16(13)21)22-20(24)15-6-2-4-8-18(15)29(27,28)19-9-5-3-7-17(19)23(25)26/h2-12H,1H3,(H,22,24). The number of nitrogens with one attached hydrogen (secondary N) is 1. The van der Waals surface area contributed by atoms with Crippen LogP contribution in [0.25, 0.3) is 0 Å². The average molecular weight is 431 g/mol. The van der Waals surface area contributed by atoms with E-state index in [2.05, 4.69) is 5.32 Å². The first-order valence-corrected chi connectivity index (χ1v) is 10.2. The van der Waals surface area contributed by atoms with Gasteiger partial charge in [0.25, 0.3) is 11.6 Å². The van der Waals surface area contributed by atoms with Crippen molar-refractivity contribution in [3.8, 4) is 0 Å². The third kappa shape index (κ3) is 4.13. The highest BCUT2D eigenvalue weighted by Gasteiger charge is 2.30. The summed E-state index contributed by atoms with van der Waals surface area (Å²) < 4.78 is 26.3. The molecule has 0 saturated carbocycles. The van der Waals surface area contributed by atoms with Crippen LogP contribution in [0.15, 0.2) is 76.5 Å². The number of carbonyl (C=O) groups excluding carboxylic acids is 1. The van der Waals surface area contributed by atoms with E-state index in [1.165, 1.54) is 36.4 Å². The normalized spacial score (nSPS) is 11.1. The van der Waals surface area contributed by atoms with Crippen LogP contribution in [0.1, 0.15) is 15.9 Å². The lowest BCUT2D eigenvalue weighted by atomic mass is 10.2. The molecular weight excluding hydrogens is 416 g/mol. The Bertz CT molecular complexity index is 1230. The fraction of sp³-hybridized carbons (Fsp3) is 0.0500. The lowest BCUT2D eigenvalue weighted by Gasteiger charge is -2.12. The molecule has 0 atom stereocenters. The quantitative estimate of drug-likeness (QED) is 0.468. The van der Waals surface area contributed by atoms with Gasteiger partial charge in [0.05, 0.1) is 15.4 Å². The molecule has 0 bridgehead atoms. The number of nitro benzene ring substituents is 1. The zero-order valence-electron chi connectivity index (χ0n) is 15.1. The number of sulfone groups is 1. The maximum Gasteiger partial charge on any atom is 0.288 e. The van der Waals surface area contributed by atoms with Gasteiger partial charge in [-0.1, -0.05) is 41.9 Å². The third-order valence-corrected chi connectivity index (χ3v) is 6.47. The van der Waals surface area contributed by atoms with Gasteiger partial charge < -0.3 is 5.32 Å². The van der Waals surface area contributed by atoms with Crippen molar-refractivity contribution in [2.24, 2.45) is 0 Å². The van der Waals surface area contributed by atoms with E-state index in [1.807, 2.05) is 6.92 Å². The second-order valence-electron chi connectivity index (χ2n) is 6.14. The second kappa shape index (κ2) is 8.02. The molecule has 0 fully saturated rings. The maximum atomic E-state index is 13.1. The maximum absolute atomic E-state index is 13.1. The molecule has 29 heavy (non-hydrogen) atoms. The monoisotopic (exact) mass is 430 g/mol. The van der Waals surface area contributed by atoms with Gasteiger partial charge in [-0.15, -0.1) is 0 Å². The summed E-state index contributed by atoms with van der Waals surface area (Å²) in [5, 5.41) is 14.3. The van der Waals surface area contributed by atoms with Crippen molar-refractivity contribution in [3.05, 3.63) is 93.0 Å².